The van der Waals surface area contributed by atoms with E-state index in [1.54, 1.807) is 0 Å². The number of rotatable bonds is 1. The van der Waals surface area contributed by atoms with E-state index in [-0.39, 0.29) is 6.10 Å². The molecule has 0 aromatic rings. The number of nitrogens with zero attached hydrogens (tertiary/aromatic N) is 1. The third-order valence-corrected chi connectivity index (χ3v) is 3.97. The van der Waals surface area contributed by atoms with Crippen molar-refractivity contribution in [3.63, 3.8) is 0 Å². The Hall–Kier alpha value is 0.230. The first-order valence-electron chi connectivity index (χ1n) is 5.07. The summed E-state index contributed by atoms with van der Waals surface area (Å²) in [5, 5.41) is 12.9. The highest BCUT2D eigenvalue weighted by Crippen LogP contribution is 2.22. The smallest absolute Gasteiger partial charge is 0.0791 e. The minimum Gasteiger partial charge on any atom is -0.390 e. The number of β-amino-alcohol motifs (C(OH)–C–C–N with tert-alkyl or cyclic N) is 1. The Morgan fingerprint density at radius 3 is 3.15 bits per heavy atom. The lowest BCUT2D eigenvalue weighted by atomic mass is 10.2. The molecule has 0 amide bonds. The maximum atomic E-state index is 9.61. The van der Waals surface area contributed by atoms with Gasteiger partial charge in [-0.25, -0.2) is 0 Å². The molecule has 2 aliphatic rings. The molecule has 2 atom stereocenters. The number of aliphatic hydroxyl groups is 1. The molecule has 76 valence electrons. The molecule has 0 aliphatic carbocycles. The zero-order valence-corrected chi connectivity index (χ0v) is 8.72. The van der Waals surface area contributed by atoms with Crippen molar-refractivity contribution in [2.24, 2.45) is 0 Å². The summed E-state index contributed by atoms with van der Waals surface area (Å²) in [6, 6.07) is 0.722. The van der Waals surface area contributed by atoms with E-state index >= 15 is 0 Å². The van der Waals surface area contributed by atoms with Gasteiger partial charge in [-0.1, -0.05) is 0 Å². The SMILES string of the molecule is OC1CNCCN(C2CCSC2)C1. The van der Waals surface area contributed by atoms with Gasteiger partial charge in [0.15, 0.2) is 0 Å². The van der Waals surface area contributed by atoms with Crippen LogP contribution < -0.4 is 5.32 Å². The summed E-state index contributed by atoms with van der Waals surface area (Å²) >= 11 is 2.04. The molecule has 2 N–H and O–H groups in total. The number of hydrogen-bond donors (Lipinski definition) is 2. The van der Waals surface area contributed by atoms with Crippen LogP contribution >= 0.6 is 11.8 Å². The lowest BCUT2D eigenvalue weighted by molar-refractivity contribution is 0.112. The standard InChI is InChI=1S/C9H18N2OS/c12-9-5-10-2-3-11(6-9)8-1-4-13-7-8/h8-10,12H,1-7H2. The Kier molecular flexibility index (Phi) is 3.49. The molecule has 2 heterocycles. The number of aliphatic hydroxyl groups excluding tert-OH is 1. The van der Waals surface area contributed by atoms with E-state index in [1.165, 1.54) is 17.9 Å². The van der Waals surface area contributed by atoms with Gasteiger partial charge in [0.05, 0.1) is 6.10 Å². The predicted octanol–water partition coefficient (Wildman–Crippen LogP) is -0.242. The van der Waals surface area contributed by atoms with E-state index in [4.69, 9.17) is 0 Å². The first-order chi connectivity index (χ1) is 6.36. The van der Waals surface area contributed by atoms with E-state index in [2.05, 4.69) is 10.2 Å². The van der Waals surface area contributed by atoms with E-state index < -0.39 is 0 Å². The highest BCUT2D eigenvalue weighted by molar-refractivity contribution is 7.99. The molecular weight excluding hydrogens is 184 g/mol. The summed E-state index contributed by atoms with van der Waals surface area (Å²) in [4.78, 5) is 2.45. The zero-order chi connectivity index (χ0) is 9.10. The van der Waals surface area contributed by atoms with Crippen LogP contribution in [0.25, 0.3) is 0 Å². The molecular formula is C9H18N2OS. The third-order valence-electron chi connectivity index (χ3n) is 2.82. The molecule has 0 saturated carbocycles. The number of thioether (sulfide) groups is 1. The van der Waals surface area contributed by atoms with E-state index in [0.29, 0.717) is 0 Å². The predicted molar refractivity (Wildman–Crippen MR) is 56.2 cm³/mol. The zero-order valence-electron chi connectivity index (χ0n) is 7.91. The summed E-state index contributed by atoms with van der Waals surface area (Å²) in [6.45, 7) is 3.75. The maximum absolute atomic E-state index is 9.61. The normalized spacial score (nSPS) is 37.6. The molecule has 0 aromatic heterocycles. The molecule has 2 fully saturated rings. The molecule has 2 saturated heterocycles. The molecule has 2 aliphatic heterocycles. The topological polar surface area (TPSA) is 35.5 Å². The first-order valence-corrected chi connectivity index (χ1v) is 6.22. The first kappa shape index (κ1) is 9.77. The Labute approximate surface area is 83.9 Å². The minimum absolute atomic E-state index is 0.173. The Morgan fingerprint density at radius 2 is 2.38 bits per heavy atom. The van der Waals surface area contributed by atoms with Gasteiger partial charge in [-0.2, -0.15) is 11.8 Å². The summed E-state index contributed by atoms with van der Waals surface area (Å²) < 4.78 is 0. The maximum Gasteiger partial charge on any atom is 0.0791 e. The minimum atomic E-state index is -0.173. The Balaban J connectivity index is 1.88. The average Bonchev–Trinajstić information content (AvgIpc) is 2.56. The van der Waals surface area contributed by atoms with Gasteiger partial charge in [-0.15, -0.1) is 0 Å². The number of hydrogen-bond acceptors (Lipinski definition) is 4. The summed E-state index contributed by atoms with van der Waals surface area (Å²) in [6.07, 6.45) is 1.13. The van der Waals surface area contributed by atoms with Gasteiger partial charge in [0, 0.05) is 38.0 Å². The van der Waals surface area contributed by atoms with E-state index in [9.17, 15) is 5.11 Å². The van der Waals surface area contributed by atoms with Gasteiger partial charge in [-0.3, -0.25) is 4.90 Å². The van der Waals surface area contributed by atoms with Crippen molar-refractivity contribution in [2.45, 2.75) is 18.6 Å². The molecule has 3 nitrogen and oxygen atoms in total. The summed E-state index contributed by atoms with van der Waals surface area (Å²) in [7, 11) is 0. The molecule has 0 spiro atoms. The third kappa shape index (κ3) is 2.59. The second-order valence-corrected chi connectivity index (χ2v) is 5.02. The Morgan fingerprint density at radius 1 is 1.46 bits per heavy atom. The van der Waals surface area contributed by atoms with Crippen molar-refractivity contribution in [2.75, 3.05) is 37.7 Å². The van der Waals surface area contributed by atoms with Crippen molar-refractivity contribution in [3.05, 3.63) is 0 Å². The average molecular weight is 202 g/mol. The fourth-order valence-corrected chi connectivity index (χ4v) is 3.31. The van der Waals surface area contributed by atoms with Gasteiger partial charge in [-0.05, 0) is 12.2 Å². The van der Waals surface area contributed by atoms with Gasteiger partial charge in [0.25, 0.3) is 0 Å². The van der Waals surface area contributed by atoms with Crippen molar-refractivity contribution < 1.29 is 5.11 Å². The highest BCUT2D eigenvalue weighted by Gasteiger charge is 2.25. The van der Waals surface area contributed by atoms with Crippen molar-refractivity contribution in [1.29, 1.82) is 0 Å². The van der Waals surface area contributed by atoms with Gasteiger partial charge < -0.3 is 10.4 Å². The molecule has 4 heteroatoms. The van der Waals surface area contributed by atoms with Crippen LogP contribution in [0.15, 0.2) is 0 Å². The van der Waals surface area contributed by atoms with E-state index in [1.807, 2.05) is 11.8 Å². The number of nitrogens with one attached hydrogen (secondary N) is 1. The molecule has 2 unspecified atom stereocenters. The Bertz CT molecular complexity index is 162. The van der Waals surface area contributed by atoms with E-state index in [0.717, 1.165) is 32.2 Å². The second kappa shape index (κ2) is 4.64. The lowest BCUT2D eigenvalue weighted by Gasteiger charge is -2.27. The van der Waals surface area contributed by atoms with Crippen LogP contribution in [0.5, 0.6) is 0 Å². The van der Waals surface area contributed by atoms with Crippen LogP contribution in [-0.4, -0.2) is 59.8 Å². The van der Waals surface area contributed by atoms with Crippen LogP contribution in [0.3, 0.4) is 0 Å². The van der Waals surface area contributed by atoms with Crippen LogP contribution in [-0.2, 0) is 0 Å². The van der Waals surface area contributed by atoms with Crippen molar-refractivity contribution in [1.82, 2.24) is 10.2 Å². The molecule has 13 heavy (non-hydrogen) atoms. The summed E-state index contributed by atoms with van der Waals surface area (Å²) in [5.74, 6) is 2.55. The fourth-order valence-electron chi connectivity index (χ4n) is 2.06. The molecule has 2 rings (SSSR count). The summed E-state index contributed by atoms with van der Waals surface area (Å²) in [5.41, 5.74) is 0. The lowest BCUT2D eigenvalue weighted by Crippen LogP contribution is -2.40. The van der Waals surface area contributed by atoms with Crippen LogP contribution in [0, 0.1) is 0 Å². The van der Waals surface area contributed by atoms with Crippen LogP contribution in [0.2, 0.25) is 0 Å². The van der Waals surface area contributed by atoms with Gasteiger partial charge in [0.1, 0.15) is 0 Å². The highest BCUT2D eigenvalue weighted by atomic mass is 32.2. The molecule has 0 bridgehead atoms. The quantitative estimate of drug-likeness (QED) is 0.615. The molecule has 0 radical (unpaired) electrons. The van der Waals surface area contributed by atoms with Gasteiger partial charge in [0.2, 0.25) is 0 Å². The molecule has 0 aromatic carbocycles. The second-order valence-electron chi connectivity index (χ2n) is 3.87. The van der Waals surface area contributed by atoms with Crippen molar-refractivity contribution >= 4 is 11.8 Å². The van der Waals surface area contributed by atoms with Gasteiger partial charge >= 0.3 is 0 Å². The fraction of sp³-hybridized carbons (Fsp3) is 1.00. The van der Waals surface area contributed by atoms with Crippen LogP contribution in [0.4, 0.5) is 0 Å². The monoisotopic (exact) mass is 202 g/mol. The van der Waals surface area contributed by atoms with Crippen molar-refractivity contribution in [3.8, 4) is 0 Å². The largest absolute Gasteiger partial charge is 0.390 e. The van der Waals surface area contributed by atoms with Crippen LogP contribution in [0.1, 0.15) is 6.42 Å².